The van der Waals surface area contributed by atoms with Gasteiger partial charge in [0.05, 0.1) is 18.6 Å². The van der Waals surface area contributed by atoms with Crippen molar-refractivity contribution < 1.29 is 33.0 Å². The minimum Gasteiger partial charge on any atom is -0.497 e. The topological polar surface area (TPSA) is 121 Å². The number of carbonyl (C=O) groups is 3. The van der Waals surface area contributed by atoms with Crippen LogP contribution >= 0.6 is 11.8 Å². The van der Waals surface area contributed by atoms with Crippen molar-refractivity contribution in [2.24, 2.45) is 0 Å². The Balaban J connectivity index is 1.20. The third-order valence-electron chi connectivity index (χ3n) is 7.11. The van der Waals surface area contributed by atoms with Crippen LogP contribution in [0.5, 0.6) is 5.75 Å². The molecule has 220 valence electrons. The predicted molar refractivity (Wildman–Crippen MR) is 149 cm³/mol. The number of ether oxygens (including phenoxy) is 1. The van der Waals surface area contributed by atoms with Gasteiger partial charge in [-0.05, 0) is 41.6 Å². The lowest BCUT2D eigenvalue weighted by Crippen LogP contribution is -2.55. The first-order valence-corrected chi connectivity index (χ1v) is 13.9. The Kier molecular flexibility index (Phi) is 8.66. The van der Waals surface area contributed by atoms with Crippen LogP contribution in [-0.4, -0.2) is 98.0 Å². The molecule has 14 heteroatoms. The zero-order valence-corrected chi connectivity index (χ0v) is 23.5. The monoisotopic (exact) mass is 598 g/mol. The van der Waals surface area contributed by atoms with Gasteiger partial charge in [-0.25, -0.2) is 18.4 Å². The third-order valence-corrected chi connectivity index (χ3v) is 8.02. The van der Waals surface area contributed by atoms with Crippen LogP contribution in [0.4, 0.5) is 13.6 Å². The number of hydrogen-bond donors (Lipinski definition) is 1. The largest absolute Gasteiger partial charge is 0.497 e. The Hall–Kier alpha value is -4.14. The van der Waals surface area contributed by atoms with E-state index in [0.29, 0.717) is 24.4 Å². The molecule has 1 atom stereocenters. The molecular formula is C28H28F2N6O5S. The van der Waals surface area contributed by atoms with Gasteiger partial charge in [0.1, 0.15) is 42.2 Å². The fourth-order valence-corrected chi connectivity index (χ4v) is 5.76. The molecule has 2 fully saturated rings. The number of methoxy groups -OCH3 is 1. The zero-order valence-electron chi connectivity index (χ0n) is 22.7. The lowest BCUT2D eigenvalue weighted by Gasteiger charge is -2.40. The number of carbonyl (C=O) groups excluding carboxylic acids is 3. The molecule has 3 aromatic rings. The molecular weight excluding hydrogens is 570 g/mol. The Bertz CT molecular complexity index is 1490. The molecule has 42 heavy (non-hydrogen) atoms. The van der Waals surface area contributed by atoms with Crippen molar-refractivity contribution in [3.63, 3.8) is 0 Å². The molecule has 2 saturated heterocycles. The second-order valence-electron chi connectivity index (χ2n) is 9.95. The van der Waals surface area contributed by atoms with E-state index in [1.807, 2.05) is 4.90 Å². The van der Waals surface area contributed by atoms with Crippen LogP contribution in [0.3, 0.4) is 0 Å². The molecule has 2 aromatic carbocycles. The van der Waals surface area contributed by atoms with Gasteiger partial charge >= 0.3 is 0 Å². The average Bonchev–Trinajstić information content (AvgIpc) is 3.57. The number of amides is 3. The number of halogens is 2. The number of rotatable bonds is 9. The SMILES string of the molecule is COc1ccc(C=C2SC(=O)N(CC(=O)N3CCN(CC(O)(Cn4cncn4)c4ccc(F)cc4F)CC3)C2=O)cc1. The Morgan fingerprint density at radius 1 is 1.10 bits per heavy atom. The first kappa shape index (κ1) is 29.4. The molecule has 0 aliphatic carbocycles. The van der Waals surface area contributed by atoms with E-state index in [9.17, 15) is 28.3 Å². The quantitative estimate of drug-likeness (QED) is 0.370. The van der Waals surface area contributed by atoms with Crippen molar-refractivity contribution >= 4 is 34.9 Å². The molecule has 1 aromatic heterocycles. The second-order valence-corrected chi connectivity index (χ2v) is 10.9. The Morgan fingerprint density at radius 2 is 1.83 bits per heavy atom. The molecule has 5 rings (SSSR count). The summed E-state index contributed by atoms with van der Waals surface area (Å²) in [6.07, 6.45) is 4.27. The summed E-state index contributed by atoms with van der Waals surface area (Å²) < 4.78 is 34.8. The molecule has 0 bridgehead atoms. The molecule has 0 saturated carbocycles. The van der Waals surface area contributed by atoms with Crippen LogP contribution in [0, 0.1) is 11.6 Å². The van der Waals surface area contributed by atoms with Crippen molar-refractivity contribution in [3.05, 3.63) is 82.8 Å². The van der Waals surface area contributed by atoms with Crippen molar-refractivity contribution in [1.82, 2.24) is 29.5 Å². The first-order chi connectivity index (χ1) is 20.1. The molecule has 2 aliphatic rings. The van der Waals surface area contributed by atoms with E-state index in [4.69, 9.17) is 4.74 Å². The Morgan fingerprint density at radius 3 is 2.48 bits per heavy atom. The number of aromatic nitrogens is 3. The van der Waals surface area contributed by atoms with E-state index in [0.717, 1.165) is 28.8 Å². The van der Waals surface area contributed by atoms with Crippen LogP contribution in [0.15, 0.2) is 60.0 Å². The van der Waals surface area contributed by atoms with Crippen LogP contribution in [-0.2, 0) is 21.7 Å². The molecule has 0 spiro atoms. The van der Waals surface area contributed by atoms with E-state index < -0.39 is 28.4 Å². The summed E-state index contributed by atoms with van der Waals surface area (Å²) in [7, 11) is 1.55. The van der Waals surface area contributed by atoms with E-state index in [2.05, 4.69) is 10.1 Å². The van der Waals surface area contributed by atoms with E-state index in [1.165, 1.54) is 23.4 Å². The average molecular weight is 599 g/mol. The highest BCUT2D eigenvalue weighted by Gasteiger charge is 2.39. The van der Waals surface area contributed by atoms with Gasteiger partial charge in [-0.3, -0.25) is 24.2 Å². The normalized spacial score (nSPS) is 18.5. The van der Waals surface area contributed by atoms with Crippen molar-refractivity contribution in [2.75, 3.05) is 46.4 Å². The number of β-amino-alcohol motifs (C(OH)–C–C–N with tert-alkyl or cyclic N) is 1. The summed E-state index contributed by atoms with van der Waals surface area (Å²) in [5.41, 5.74) is -1.14. The number of piperazine rings is 1. The summed E-state index contributed by atoms with van der Waals surface area (Å²) in [5.74, 6) is -1.90. The maximum atomic E-state index is 14.7. The number of hydrogen-bond acceptors (Lipinski definition) is 9. The lowest BCUT2D eigenvalue weighted by molar-refractivity contribution is -0.137. The minimum atomic E-state index is -1.77. The fourth-order valence-electron chi connectivity index (χ4n) is 4.92. The van der Waals surface area contributed by atoms with E-state index >= 15 is 0 Å². The summed E-state index contributed by atoms with van der Waals surface area (Å²) in [6, 6.07) is 10.0. The molecule has 3 amide bonds. The lowest BCUT2D eigenvalue weighted by atomic mass is 9.92. The number of aliphatic hydroxyl groups is 1. The van der Waals surface area contributed by atoms with Crippen molar-refractivity contribution in [2.45, 2.75) is 12.1 Å². The van der Waals surface area contributed by atoms with Gasteiger partial charge in [0.25, 0.3) is 11.1 Å². The predicted octanol–water partition coefficient (Wildman–Crippen LogP) is 2.33. The second kappa shape index (κ2) is 12.4. The molecule has 3 heterocycles. The number of benzene rings is 2. The molecule has 0 radical (unpaired) electrons. The number of imide groups is 1. The minimum absolute atomic E-state index is 0.0172. The molecule has 1 unspecified atom stereocenters. The molecule has 2 aliphatic heterocycles. The standard InChI is InChI=1S/C28H28F2N6O5S/c1-41-21-5-2-19(3-6-21)12-24-26(38)36(27(39)42-24)14-25(37)34-10-8-33(9-11-34)15-28(40,16-35-18-31-17-32-35)22-7-4-20(29)13-23(22)30/h2-7,12-13,17-18,40H,8-11,14-16H2,1H3. The smallest absolute Gasteiger partial charge is 0.294 e. The van der Waals surface area contributed by atoms with Gasteiger partial charge in [0.15, 0.2) is 0 Å². The van der Waals surface area contributed by atoms with Crippen LogP contribution in [0.1, 0.15) is 11.1 Å². The molecule has 1 N–H and O–H groups in total. The van der Waals surface area contributed by atoms with Gasteiger partial charge in [-0.15, -0.1) is 0 Å². The highest BCUT2D eigenvalue weighted by Crippen LogP contribution is 2.33. The van der Waals surface area contributed by atoms with Crippen LogP contribution in [0.25, 0.3) is 6.08 Å². The third kappa shape index (κ3) is 6.50. The van der Waals surface area contributed by atoms with Gasteiger partial charge in [0.2, 0.25) is 5.91 Å². The highest BCUT2D eigenvalue weighted by atomic mass is 32.2. The van der Waals surface area contributed by atoms with Gasteiger partial charge in [-0.2, -0.15) is 5.10 Å². The van der Waals surface area contributed by atoms with Crippen molar-refractivity contribution in [1.29, 1.82) is 0 Å². The zero-order chi connectivity index (χ0) is 29.9. The summed E-state index contributed by atoms with van der Waals surface area (Å²) in [5, 5.41) is 15.1. The molecule has 11 nitrogen and oxygen atoms in total. The fraction of sp³-hybridized carbons (Fsp3) is 0.321. The van der Waals surface area contributed by atoms with E-state index in [-0.39, 0.29) is 49.1 Å². The van der Waals surface area contributed by atoms with Gasteiger partial charge in [-0.1, -0.05) is 18.2 Å². The highest BCUT2D eigenvalue weighted by molar-refractivity contribution is 8.18. The van der Waals surface area contributed by atoms with Gasteiger partial charge in [0, 0.05) is 44.4 Å². The summed E-state index contributed by atoms with van der Waals surface area (Å²) >= 11 is 0.778. The Labute approximate surface area is 244 Å². The summed E-state index contributed by atoms with van der Waals surface area (Å²) in [4.78, 5) is 46.9. The van der Waals surface area contributed by atoms with Gasteiger partial charge < -0.3 is 14.7 Å². The number of nitrogens with zero attached hydrogens (tertiary/aromatic N) is 6. The van der Waals surface area contributed by atoms with E-state index in [1.54, 1.807) is 42.4 Å². The first-order valence-electron chi connectivity index (χ1n) is 13.0. The summed E-state index contributed by atoms with van der Waals surface area (Å²) in [6.45, 7) is 0.682. The van der Waals surface area contributed by atoms with Crippen molar-refractivity contribution in [3.8, 4) is 5.75 Å². The van der Waals surface area contributed by atoms with Crippen LogP contribution < -0.4 is 4.74 Å². The maximum Gasteiger partial charge on any atom is 0.294 e. The number of thioether (sulfide) groups is 1. The van der Waals surface area contributed by atoms with Crippen LogP contribution in [0.2, 0.25) is 0 Å². The maximum absolute atomic E-state index is 14.7.